The summed E-state index contributed by atoms with van der Waals surface area (Å²) in [7, 11) is 0. The number of hydrogen-bond donors (Lipinski definition) is 1. The Kier molecular flexibility index (Phi) is 5.49. The number of nitro benzene ring substituents is 1. The average molecular weight is 349 g/mol. The molecule has 0 radical (unpaired) electrons. The monoisotopic (exact) mass is 348 g/mol. The molecule has 8 heteroatoms. The van der Waals surface area contributed by atoms with Crippen molar-refractivity contribution in [3.05, 3.63) is 62.7 Å². The molecule has 1 amide bonds. The summed E-state index contributed by atoms with van der Waals surface area (Å²) in [6.45, 7) is 1.46. The fraction of sp³-hybridized carbons (Fsp3) is 0.125. The van der Waals surface area contributed by atoms with Gasteiger partial charge >= 0.3 is 0 Å². The SMILES string of the molecule is Cc1ccc(Cl)cc1NC(=O)COc1ccc([N+](=O)[O-])cc1C=O. The van der Waals surface area contributed by atoms with Crippen LogP contribution >= 0.6 is 11.6 Å². The van der Waals surface area contributed by atoms with Crippen molar-refractivity contribution in [3.63, 3.8) is 0 Å². The van der Waals surface area contributed by atoms with E-state index in [-0.39, 0.29) is 23.6 Å². The van der Waals surface area contributed by atoms with Gasteiger partial charge in [-0.15, -0.1) is 0 Å². The third-order valence-corrected chi connectivity index (χ3v) is 3.40. The summed E-state index contributed by atoms with van der Waals surface area (Å²) >= 11 is 5.88. The van der Waals surface area contributed by atoms with Crippen molar-refractivity contribution in [2.45, 2.75) is 6.92 Å². The molecule has 0 saturated carbocycles. The van der Waals surface area contributed by atoms with E-state index >= 15 is 0 Å². The molecule has 2 aromatic rings. The minimum absolute atomic E-state index is 0.00376. The van der Waals surface area contributed by atoms with Crippen LogP contribution in [0.2, 0.25) is 5.02 Å². The molecule has 0 aliphatic heterocycles. The summed E-state index contributed by atoms with van der Waals surface area (Å²) in [5.74, 6) is -0.357. The lowest BCUT2D eigenvalue weighted by Gasteiger charge is -2.11. The van der Waals surface area contributed by atoms with Crippen LogP contribution in [0.1, 0.15) is 15.9 Å². The van der Waals surface area contributed by atoms with Crippen LogP contribution in [0.15, 0.2) is 36.4 Å². The second-order valence-corrected chi connectivity index (χ2v) is 5.33. The summed E-state index contributed by atoms with van der Waals surface area (Å²) in [5.41, 5.74) is 1.14. The fourth-order valence-corrected chi connectivity index (χ4v) is 2.10. The first-order chi connectivity index (χ1) is 11.4. The first kappa shape index (κ1) is 17.4. The van der Waals surface area contributed by atoms with Crippen LogP contribution in [-0.2, 0) is 4.79 Å². The van der Waals surface area contributed by atoms with E-state index in [1.54, 1.807) is 18.2 Å². The number of nitrogens with one attached hydrogen (secondary N) is 1. The van der Waals surface area contributed by atoms with Gasteiger partial charge in [0.1, 0.15) is 5.75 Å². The standard InChI is InChI=1S/C16H13ClN2O5/c1-10-2-3-12(17)7-14(10)18-16(21)9-24-15-5-4-13(19(22)23)6-11(15)8-20/h2-8H,9H2,1H3,(H,18,21). The predicted molar refractivity (Wildman–Crippen MR) is 88.8 cm³/mol. The van der Waals surface area contributed by atoms with E-state index in [0.717, 1.165) is 11.6 Å². The zero-order chi connectivity index (χ0) is 17.7. The second-order valence-electron chi connectivity index (χ2n) is 4.89. The molecule has 0 aliphatic rings. The van der Waals surface area contributed by atoms with Gasteiger partial charge in [0.2, 0.25) is 0 Å². The molecule has 0 aliphatic carbocycles. The molecule has 124 valence electrons. The van der Waals surface area contributed by atoms with E-state index < -0.39 is 10.8 Å². The van der Waals surface area contributed by atoms with Gasteiger partial charge in [0.05, 0.1) is 10.5 Å². The minimum Gasteiger partial charge on any atom is -0.483 e. The summed E-state index contributed by atoms with van der Waals surface area (Å²) in [6, 6.07) is 8.63. The van der Waals surface area contributed by atoms with Crippen molar-refractivity contribution in [3.8, 4) is 5.75 Å². The highest BCUT2D eigenvalue weighted by atomic mass is 35.5. The lowest BCUT2D eigenvalue weighted by molar-refractivity contribution is -0.384. The van der Waals surface area contributed by atoms with Gasteiger partial charge in [0.15, 0.2) is 12.9 Å². The van der Waals surface area contributed by atoms with Crippen molar-refractivity contribution in [1.82, 2.24) is 0 Å². The molecule has 1 N–H and O–H groups in total. The summed E-state index contributed by atoms with van der Waals surface area (Å²) in [5, 5.41) is 13.8. The number of anilines is 1. The maximum atomic E-state index is 11.9. The first-order valence-electron chi connectivity index (χ1n) is 6.83. The lowest BCUT2D eigenvalue weighted by atomic mass is 10.2. The summed E-state index contributed by atoms with van der Waals surface area (Å²) < 4.78 is 5.27. The van der Waals surface area contributed by atoms with Crippen molar-refractivity contribution in [2.24, 2.45) is 0 Å². The smallest absolute Gasteiger partial charge is 0.270 e. The zero-order valence-electron chi connectivity index (χ0n) is 12.6. The molecule has 0 spiro atoms. The van der Waals surface area contributed by atoms with Crippen molar-refractivity contribution in [1.29, 1.82) is 0 Å². The molecule has 0 aromatic heterocycles. The van der Waals surface area contributed by atoms with E-state index in [1.165, 1.54) is 12.1 Å². The molecule has 0 saturated heterocycles. The number of carbonyl (C=O) groups is 2. The number of nitrogens with zero attached hydrogens (tertiary/aromatic N) is 1. The number of hydrogen-bond acceptors (Lipinski definition) is 5. The van der Waals surface area contributed by atoms with Gasteiger partial charge in [-0.1, -0.05) is 17.7 Å². The van der Waals surface area contributed by atoms with E-state index in [2.05, 4.69) is 5.32 Å². The van der Waals surface area contributed by atoms with Crippen molar-refractivity contribution >= 4 is 35.2 Å². The Balaban J connectivity index is 2.05. The number of amides is 1. The molecule has 0 unspecified atom stereocenters. The highest BCUT2D eigenvalue weighted by Crippen LogP contribution is 2.23. The van der Waals surface area contributed by atoms with Gasteiger partial charge in [0, 0.05) is 22.8 Å². The predicted octanol–water partition coefficient (Wildman–Crippen LogP) is 3.39. The third kappa shape index (κ3) is 4.30. The highest BCUT2D eigenvalue weighted by Gasteiger charge is 2.13. The molecule has 0 atom stereocenters. The number of halogens is 1. The number of carbonyl (C=O) groups excluding carboxylic acids is 2. The number of benzene rings is 2. The highest BCUT2D eigenvalue weighted by molar-refractivity contribution is 6.31. The lowest BCUT2D eigenvalue weighted by Crippen LogP contribution is -2.21. The Morgan fingerprint density at radius 1 is 1.33 bits per heavy atom. The Morgan fingerprint density at radius 3 is 2.75 bits per heavy atom. The van der Waals surface area contributed by atoms with Crippen LogP contribution in [0.4, 0.5) is 11.4 Å². The molecule has 2 rings (SSSR count). The summed E-state index contributed by atoms with van der Waals surface area (Å²) in [6.07, 6.45) is 0.432. The van der Waals surface area contributed by atoms with Gasteiger partial charge in [-0.05, 0) is 30.7 Å². The number of ether oxygens (including phenoxy) is 1. The number of rotatable bonds is 6. The van der Waals surface area contributed by atoms with Crippen LogP contribution in [0.3, 0.4) is 0 Å². The molecular weight excluding hydrogens is 336 g/mol. The maximum Gasteiger partial charge on any atom is 0.270 e. The van der Waals surface area contributed by atoms with E-state index in [1.807, 2.05) is 6.92 Å². The number of non-ortho nitro benzene ring substituents is 1. The molecule has 7 nitrogen and oxygen atoms in total. The van der Waals surface area contributed by atoms with Crippen LogP contribution in [0.5, 0.6) is 5.75 Å². The van der Waals surface area contributed by atoms with Gasteiger partial charge in [-0.25, -0.2) is 0 Å². The van der Waals surface area contributed by atoms with Crippen LogP contribution < -0.4 is 10.1 Å². The van der Waals surface area contributed by atoms with Crippen molar-refractivity contribution < 1.29 is 19.2 Å². The Bertz CT molecular complexity index is 807. The van der Waals surface area contributed by atoms with Crippen LogP contribution in [0.25, 0.3) is 0 Å². The Morgan fingerprint density at radius 2 is 2.08 bits per heavy atom. The first-order valence-corrected chi connectivity index (χ1v) is 7.21. The number of aryl methyl sites for hydroxylation is 1. The molecule has 0 bridgehead atoms. The van der Waals surface area contributed by atoms with E-state index in [0.29, 0.717) is 17.0 Å². The quantitative estimate of drug-likeness (QED) is 0.490. The number of nitro groups is 1. The molecular formula is C16H13ClN2O5. The third-order valence-electron chi connectivity index (χ3n) is 3.16. The second kappa shape index (κ2) is 7.56. The van der Waals surface area contributed by atoms with E-state index in [9.17, 15) is 19.7 Å². The molecule has 0 fully saturated rings. The normalized spacial score (nSPS) is 10.1. The van der Waals surface area contributed by atoms with E-state index in [4.69, 9.17) is 16.3 Å². The topological polar surface area (TPSA) is 98.5 Å². The maximum absolute atomic E-state index is 11.9. The van der Waals surface area contributed by atoms with Gasteiger partial charge < -0.3 is 10.1 Å². The molecule has 24 heavy (non-hydrogen) atoms. The summed E-state index contributed by atoms with van der Waals surface area (Å²) in [4.78, 5) is 33.0. The fourth-order valence-electron chi connectivity index (χ4n) is 1.93. The minimum atomic E-state index is -0.620. The largest absolute Gasteiger partial charge is 0.483 e. The van der Waals surface area contributed by atoms with Crippen LogP contribution in [-0.4, -0.2) is 23.7 Å². The Labute approximate surface area is 142 Å². The Hall–Kier alpha value is -2.93. The van der Waals surface area contributed by atoms with Crippen LogP contribution in [0, 0.1) is 17.0 Å². The van der Waals surface area contributed by atoms with Gasteiger partial charge in [-0.3, -0.25) is 19.7 Å². The molecule has 0 heterocycles. The van der Waals surface area contributed by atoms with Crippen molar-refractivity contribution in [2.75, 3.05) is 11.9 Å². The molecule has 2 aromatic carbocycles. The zero-order valence-corrected chi connectivity index (χ0v) is 13.4. The van der Waals surface area contributed by atoms with Gasteiger partial charge in [0.25, 0.3) is 11.6 Å². The van der Waals surface area contributed by atoms with Gasteiger partial charge in [-0.2, -0.15) is 0 Å². The number of aldehydes is 1. The average Bonchev–Trinajstić information content (AvgIpc) is 2.56.